The van der Waals surface area contributed by atoms with Gasteiger partial charge in [-0.1, -0.05) is 36.4 Å². The molecular weight excluding hydrogens is 318 g/mol. The second-order valence-corrected chi connectivity index (χ2v) is 6.06. The van der Waals surface area contributed by atoms with E-state index in [1.54, 1.807) is 22.5 Å². The number of fused-ring (bicyclic) bond motifs is 1. The van der Waals surface area contributed by atoms with Crippen molar-refractivity contribution >= 4 is 11.9 Å². The predicted molar refractivity (Wildman–Crippen MR) is 93.4 cm³/mol. The molecule has 0 atom stereocenters. The number of carbonyl (C=O) groups excluding carboxylic acids is 2. The molecule has 0 aliphatic carbocycles. The zero-order valence-corrected chi connectivity index (χ0v) is 13.9. The fourth-order valence-electron chi connectivity index (χ4n) is 3.00. The molecule has 3 amide bonds. The van der Waals surface area contributed by atoms with Gasteiger partial charge in [0.15, 0.2) is 0 Å². The summed E-state index contributed by atoms with van der Waals surface area (Å²) in [6.07, 6.45) is 1.49. The molecule has 3 N–H and O–H groups in total. The van der Waals surface area contributed by atoms with Crippen LogP contribution in [-0.2, 0) is 19.4 Å². The Labute approximate surface area is 146 Å². The second-order valence-electron chi connectivity index (χ2n) is 6.06. The summed E-state index contributed by atoms with van der Waals surface area (Å²) >= 11 is 0. The van der Waals surface area contributed by atoms with Gasteiger partial charge in [0, 0.05) is 25.2 Å². The van der Waals surface area contributed by atoms with Crippen LogP contribution in [0.3, 0.4) is 0 Å². The van der Waals surface area contributed by atoms with E-state index in [9.17, 15) is 9.59 Å². The largest absolute Gasteiger partial charge is 0.338 e. The summed E-state index contributed by atoms with van der Waals surface area (Å²) in [4.78, 5) is 25.6. The minimum atomic E-state index is -0.524. The number of hydrogen-bond acceptors (Lipinski definition) is 3. The minimum absolute atomic E-state index is 0.0706. The summed E-state index contributed by atoms with van der Waals surface area (Å²) in [5.74, 6) is -0.524. The molecule has 130 valence electrons. The number of nitrogens with zero attached hydrogens (tertiary/aromatic N) is 1. The zero-order valence-electron chi connectivity index (χ0n) is 13.9. The van der Waals surface area contributed by atoms with Crippen LogP contribution in [0, 0.1) is 0 Å². The van der Waals surface area contributed by atoms with Crippen LogP contribution in [0.2, 0.25) is 0 Å². The van der Waals surface area contributed by atoms with E-state index in [1.807, 2.05) is 36.4 Å². The van der Waals surface area contributed by atoms with Gasteiger partial charge in [-0.25, -0.2) is 10.3 Å². The normalized spacial score (nSPS) is 13.1. The van der Waals surface area contributed by atoms with Crippen molar-refractivity contribution in [2.24, 2.45) is 0 Å². The maximum Gasteiger partial charge on any atom is 0.317 e. The smallest absolute Gasteiger partial charge is 0.317 e. The molecule has 0 aromatic heterocycles. The summed E-state index contributed by atoms with van der Waals surface area (Å²) < 4.78 is 0. The number of urea groups is 1. The minimum Gasteiger partial charge on any atom is -0.338 e. The second kappa shape index (κ2) is 7.81. The number of amides is 3. The molecule has 2 aromatic rings. The molecule has 0 spiro atoms. The molecule has 6 nitrogen and oxygen atoms in total. The van der Waals surface area contributed by atoms with Gasteiger partial charge in [0.25, 0.3) is 5.91 Å². The first-order chi connectivity index (χ1) is 12.2. The lowest BCUT2D eigenvalue weighted by Crippen LogP contribution is -2.43. The van der Waals surface area contributed by atoms with E-state index in [4.69, 9.17) is 5.21 Å². The molecule has 3 rings (SSSR count). The van der Waals surface area contributed by atoms with Gasteiger partial charge in [-0.2, -0.15) is 0 Å². The van der Waals surface area contributed by atoms with E-state index in [1.165, 1.54) is 5.56 Å². The summed E-state index contributed by atoms with van der Waals surface area (Å²) in [5.41, 5.74) is 5.32. The van der Waals surface area contributed by atoms with E-state index in [2.05, 4.69) is 5.32 Å². The van der Waals surface area contributed by atoms with Crippen LogP contribution in [0.15, 0.2) is 48.5 Å². The van der Waals surface area contributed by atoms with Crippen molar-refractivity contribution in [2.45, 2.75) is 19.4 Å². The zero-order chi connectivity index (χ0) is 17.6. The van der Waals surface area contributed by atoms with Crippen molar-refractivity contribution in [3.05, 3.63) is 70.8 Å². The summed E-state index contributed by atoms with van der Waals surface area (Å²) in [7, 11) is 0. The van der Waals surface area contributed by atoms with Gasteiger partial charge in [0.2, 0.25) is 0 Å². The molecule has 0 saturated carbocycles. The van der Waals surface area contributed by atoms with E-state index >= 15 is 0 Å². The average molecular weight is 339 g/mol. The van der Waals surface area contributed by atoms with Crippen LogP contribution in [-0.4, -0.2) is 35.1 Å². The molecule has 2 aromatic carbocycles. The molecule has 0 radical (unpaired) electrons. The molecule has 1 heterocycles. The third-order valence-corrected chi connectivity index (χ3v) is 4.40. The molecular formula is C19H21N3O3. The quantitative estimate of drug-likeness (QED) is 0.589. The first-order valence-corrected chi connectivity index (χ1v) is 8.30. The van der Waals surface area contributed by atoms with Crippen LogP contribution in [0.1, 0.15) is 27.0 Å². The van der Waals surface area contributed by atoms with E-state index in [-0.39, 0.29) is 6.03 Å². The highest BCUT2D eigenvalue weighted by Gasteiger charge is 2.21. The van der Waals surface area contributed by atoms with Gasteiger partial charge in [0.1, 0.15) is 0 Å². The highest BCUT2D eigenvalue weighted by molar-refractivity contribution is 5.93. The number of rotatable bonds is 4. The monoisotopic (exact) mass is 339 g/mol. The van der Waals surface area contributed by atoms with Gasteiger partial charge < -0.3 is 10.2 Å². The Balaban J connectivity index is 1.55. The summed E-state index contributed by atoms with van der Waals surface area (Å²) in [6, 6.07) is 15.2. The molecule has 1 aliphatic heterocycles. The predicted octanol–water partition coefficient (Wildman–Crippen LogP) is 2.12. The van der Waals surface area contributed by atoms with Crippen LogP contribution >= 0.6 is 0 Å². The van der Waals surface area contributed by atoms with Crippen molar-refractivity contribution in [1.82, 2.24) is 15.7 Å². The lowest BCUT2D eigenvalue weighted by molar-refractivity contribution is 0.0706. The Hall–Kier alpha value is -2.86. The third kappa shape index (κ3) is 4.16. The number of benzene rings is 2. The van der Waals surface area contributed by atoms with E-state index in [0.717, 1.165) is 17.5 Å². The highest BCUT2D eigenvalue weighted by atomic mass is 16.5. The molecule has 25 heavy (non-hydrogen) atoms. The molecule has 0 fully saturated rings. The Morgan fingerprint density at radius 2 is 1.88 bits per heavy atom. The molecule has 6 heteroatoms. The van der Waals surface area contributed by atoms with Gasteiger partial charge in [-0.15, -0.1) is 0 Å². The topological polar surface area (TPSA) is 81.7 Å². The maximum absolute atomic E-state index is 12.3. The average Bonchev–Trinajstić information content (AvgIpc) is 2.67. The fourth-order valence-corrected chi connectivity index (χ4v) is 3.00. The van der Waals surface area contributed by atoms with Gasteiger partial charge >= 0.3 is 6.03 Å². The number of hydrogen-bond donors (Lipinski definition) is 3. The van der Waals surface area contributed by atoms with E-state index in [0.29, 0.717) is 31.6 Å². The lowest BCUT2D eigenvalue weighted by Gasteiger charge is -2.29. The number of hydroxylamine groups is 1. The third-order valence-electron chi connectivity index (χ3n) is 4.40. The molecule has 0 unspecified atom stereocenters. The van der Waals surface area contributed by atoms with Gasteiger partial charge in [-0.3, -0.25) is 10.0 Å². The van der Waals surface area contributed by atoms with E-state index < -0.39 is 5.91 Å². The van der Waals surface area contributed by atoms with Crippen molar-refractivity contribution in [2.75, 3.05) is 13.1 Å². The van der Waals surface area contributed by atoms with Crippen molar-refractivity contribution in [3.8, 4) is 0 Å². The Bertz CT molecular complexity index is 762. The molecule has 1 aliphatic rings. The summed E-state index contributed by atoms with van der Waals surface area (Å²) in [5, 5.41) is 11.7. The fraction of sp³-hybridized carbons (Fsp3) is 0.263. The van der Waals surface area contributed by atoms with Gasteiger partial charge in [0.05, 0.1) is 0 Å². The first kappa shape index (κ1) is 17.0. The van der Waals surface area contributed by atoms with Crippen LogP contribution < -0.4 is 10.8 Å². The Kier molecular flexibility index (Phi) is 5.30. The maximum atomic E-state index is 12.3. The molecule has 0 bridgehead atoms. The van der Waals surface area contributed by atoms with Crippen LogP contribution in [0.4, 0.5) is 4.79 Å². The van der Waals surface area contributed by atoms with Crippen molar-refractivity contribution < 1.29 is 14.8 Å². The SMILES string of the molecule is O=C(NO)c1ccc2c(c1)CCN(C(=O)NCCc1ccccc1)C2. The number of carbonyl (C=O) groups is 2. The molecule has 0 saturated heterocycles. The first-order valence-electron chi connectivity index (χ1n) is 8.30. The van der Waals surface area contributed by atoms with Gasteiger partial charge in [-0.05, 0) is 41.7 Å². The summed E-state index contributed by atoms with van der Waals surface area (Å²) in [6.45, 7) is 1.73. The number of nitrogens with one attached hydrogen (secondary N) is 2. The highest BCUT2D eigenvalue weighted by Crippen LogP contribution is 2.20. The Morgan fingerprint density at radius 1 is 1.08 bits per heavy atom. The standard InChI is InChI=1S/C19H21N3O3/c23-18(21-25)16-6-7-17-13-22(11-9-15(17)12-16)19(24)20-10-8-14-4-2-1-3-5-14/h1-7,12,25H,8-11,13H2,(H,20,24)(H,21,23). The van der Waals surface area contributed by atoms with Crippen LogP contribution in [0.25, 0.3) is 0 Å². The van der Waals surface area contributed by atoms with Crippen LogP contribution in [0.5, 0.6) is 0 Å². The van der Waals surface area contributed by atoms with Crippen molar-refractivity contribution in [1.29, 1.82) is 0 Å². The van der Waals surface area contributed by atoms with Crippen molar-refractivity contribution in [3.63, 3.8) is 0 Å². The lowest BCUT2D eigenvalue weighted by atomic mass is 9.97. The Morgan fingerprint density at radius 3 is 2.64 bits per heavy atom.